The smallest absolute Gasteiger partial charge is 0.0529 e. The summed E-state index contributed by atoms with van der Waals surface area (Å²) in [5, 5.41) is 2.85. The summed E-state index contributed by atoms with van der Waals surface area (Å²) in [5.74, 6) is 0. The number of thiocarbonyl (C=S) groups is 1. The molecule has 0 fully saturated rings. The Kier molecular flexibility index (Phi) is 2.84. The molecule has 1 unspecified atom stereocenters. The van der Waals surface area contributed by atoms with E-state index in [4.69, 9.17) is 12.2 Å². The molecule has 2 heteroatoms. The molecule has 0 nitrogen and oxygen atoms in total. The maximum atomic E-state index is 4.71. The number of rotatable bonds is 2. The van der Waals surface area contributed by atoms with Crippen molar-refractivity contribution in [2.75, 3.05) is 0 Å². The quantitative estimate of drug-likeness (QED) is 0.425. The van der Waals surface area contributed by atoms with Gasteiger partial charge in [-0.2, -0.15) is 0 Å². The van der Waals surface area contributed by atoms with E-state index in [2.05, 4.69) is 31.9 Å². The van der Waals surface area contributed by atoms with E-state index in [0.29, 0.717) is 5.54 Å². The number of hydrogen-bond acceptors (Lipinski definition) is 1. The Morgan fingerprint density at radius 2 is 1.75 bits per heavy atom. The van der Waals surface area contributed by atoms with Gasteiger partial charge in [-0.15, -0.1) is 0 Å². The van der Waals surface area contributed by atoms with Gasteiger partial charge >= 0.3 is 0 Å². The van der Waals surface area contributed by atoms with Gasteiger partial charge in [0.05, 0.1) is 8.07 Å². The van der Waals surface area contributed by atoms with Crippen molar-refractivity contribution in [3.8, 4) is 0 Å². The first-order valence-corrected chi connectivity index (χ1v) is 6.84. The predicted octanol–water partition coefficient (Wildman–Crippen LogP) is 2.59. The van der Waals surface area contributed by atoms with Crippen LogP contribution in [0.25, 0.3) is 0 Å². The third-order valence-corrected chi connectivity index (χ3v) is 4.78. The monoisotopic (exact) mass is 145 g/mol. The lowest BCUT2D eigenvalue weighted by atomic mass is 10.6. The van der Waals surface area contributed by atoms with E-state index < -0.39 is 8.07 Å². The molecule has 0 aromatic rings. The normalized spacial score (nSPS) is 15.5. The summed E-state index contributed by atoms with van der Waals surface area (Å²) in [6.07, 6.45) is 0. The highest BCUT2D eigenvalue weighted by atomic mass is 32.1. The molecule has 0 rings (SSSR count). The minimum absolute atomic E-state index is 0.553. The van der Waals surface area contributed by atoms with Crippen LogP contribution in [-0.2, 0) is 0 Å². The van der Waals surface area contributed by atoms with Crippen molar-refractivity contribution in [1.29, 1.82) is 0 Å². The van der Waals surface area contributed by atoms with Gasteiger partial charge in [-0.3, -0.25) is 0 Å². The molecule has 1 radical (unpaired) electrons. The highest BCUT2D eigenvalue weighted by Crippen LogP contribution is 2.17. The van der Waals surface area contributed by atoms with E-state index in [-0.39, 0.29) is 0 Å². The molecule has 0 heterocycles. The summed E-state index contributed by atoms with van der Waals surface area (Å²) in [5.41, 5.74) is 0.553. The van der Waals surface area contributed by atoms with Gasteiger partial charge in [-0.05, 0) is 5.54 Å². The zero-order valence-corrected chi connectivity index (χ0v) is 7.80. The van der Waals surface area contributed by atoms with Crippen molar-refractivity contribution >= 4 is 25.7 Å². The molecule has 0 N–H and O–H groups in total. The van der Waals surface area contributed by atoms with Gasteiger partial charge in [0.1, 0.15) is 0 Å². The highest BCUT2D eigenvalue weighted by molar-refractivity contribution is 7.79. The summed E-state index contributed by atoms with van der Waals surface area (Å²) in [6, 6.07) is 0. The van der Waals surface area contributed by atoms with Crippen molar-refractivity contribution in [1.82, 2.24) is 0 Å². The highest BCUT2D eigenvalue weighted by Gasteiger charge is 2.19. The molecule has 0 aromatic carbocycles. The van der Waals surface area contributed by atoms with E-state index >= 15 is 0 Å². The topological polar surface area (TPSA) is 0 Å². The summed E-state index contributed by atoms with van der Waals surface area (Å²) < 4.78 is 0. The van der Waals surface area contributed by atoms with Crippen molar-refractivity contribution in [3.05, 3.63) is 0 Å². The first-order valence-electron chi connectivity index (χ1n) is 2.86. The minimum atomic E-state index is -0.976. The molecule has 0 aromatic heterocycles. The van der Waals surface area contributed by atoms with E-state index in [9.17, 15) is 0 Å². The average molecular weight is 145 g/mol. The molecular formula is C6H13SSi. The fraction of sp³-hybridized carbons (Fsp3) is 0.833. The standard InChI is InChI=1S/C6H13SSi/c1-6(5-7)8(2,3)4/h6H,1-4H3. The molecule has 47 valence electrons. The first-order chi connectivity index (χ1) is 3.48. The van der Waals surface area contributed by atoms with E-state index in [0.717, 1.165) is 0 Å². The van der Waals surface area contributed by atoms with Gasteiger partial charge in [0.2, 0.25) is 0 Å². The Labute approximate surface area is 58.3 Å². The van der Waals surface area contributed by atoms with Crippen LogP contribution in [0.15, 0.2) is 0 Å². The third kappa shape index (κ3) is 2.57. The summed E-state index contributed by atoms with van der Waals surface area (Å²) in [7, 11) is -0.976. The fourth-order valence-electron chi connectivity index (χ4n) is 0.177. The van der Waals surface area contributed by atoms with Crippen molar-refractivity contribution in [2.45, 2.75) is 32.1 Å². The van der Waals surface area contributed by atoms with Crippen LogP contribution in [0.3, 0.4) is 0 Å². The van der Waals surface area contributed by atoms with E-state index in [1.807, 2.05) is 0 Å². The molecule has 0 aliphatic rings. The summed E-state index contributed by atoms with van der Waals surface area (Å²) in [4.78, 5) is 0. The van der Waals surface area contributed by atoms with E-state index in [1.165, 1.54) is 0 Å². The molecular weight excluding hydrogens is 132 g/mol. The molecule has 0 amide bonds. The lowest BCUT2D eigenvalue weighted by Crippen LogP contribution is -2.26. The van der Waals surface area contributed by atoms with Gasteiger partial charge in [0.25, 0.3) is 0 Å². The van der Waals surface area contributed by atoms with Crippen LogP contribution in [0.2, 0.25) is 25.2 Å². The second kappa shape index (κ2) is 2.74. The van der Waals surface area contributed by atoms with Crippen LogP contribution in [0.1, 0.15) is 6.92 Å². The van der Waals surface area contributed by atoms with Crippen LogP contribution in [0.4, 0.5) is 0 Å². The van der Waals surface area contributed by atoms with Crippen molar-refractivity contribution in [3.63, 3.8) is 0 Å². The minimum Gasteiger partial charge on any atom is -0.0837 e. The first kappa shape index (κ1) is 8.31. The number of hydrogen-bond donors (Lipinski definition) is 0. The van der Waals surface area contributed by atoms with Gasteiger partial charge in [0, 0.05) is 5.37 Å². The summed E-state index contributed by atoms with van der Waals surface area (Å²) in [6.45, 7) is 9.06. The van der Waals surface area contributed by atoms with Crippen molar-refractivity contribution < 1.29 is 0 Å². The lowest BCUT2D eigenvalue weighted by molar-refractivity contribution is 1.23. The molecule has 0 spiro atoms. The molecule has 0 aliphatic carbocycles. The largest absolute Gasteiger partial charge is 0.0837 e. The molecule has 0 saturated carbocycles. The predicted molar refractivity (Wildman–Crippen MR) is 45.4 cm³/mol. The van der Waals surface area contributed by atoms with Crippen LogP contribution in [0.5, 0.6) is 0 Å². The Hall–Kier alpha value is 0.307. The Morgan fingerprint density at radius 3 is 1.75 bits per heavy atom. The maximum absolute atomic E-state index is 4.71. The SMILES string of the molecule is CC([C]=S)[Si](C)(C)C. The second-order valence-electron chi connectivity index (χ2n) is 3.21. The maximum Gasteiger partial charge on any atom is 0.0529 e. The van der Waals surface area contributed by atoms with Crippen LogP contribution in [-0.4, -0.2) is 13.4 Å². The lowest BCUT2D eigenvalue weighted by Gasteiger charge is -2.19. The van der Waals surface area contributed by atoms with Crippen molar-refractivity contribution in [2.24, 2.45) is 0 Å². The Morgan fingerprint density at radius 1 is 1.38 bits per heavy atom. The van der Waals surface area contributed by atoms with Gasteiger partial charge in [0.15, 0.2) is 0 Å². The molecule has 0 aliphatic heterocycles. The Balaban J connectivity index is 3.80. The second-order valence-corrected chi connectivity index (χ2v) is 9.04. The average Bonchev–Trinajstić information content (AvgIpc) is 1.62. The molecule has 1 atom stereocenters. The van der Waals surface area contributed by atoms with Gasteiger partial charge in [-0.1, -0.05) is 38.8 Å². The van der Waals surface area contributed by atoms with Crippen LogP contribution >= 0.6 is 12.2 Å². The summed E-state index contributed by atoms with van der Waals surface area (Å²) >= 11 is 4.71. The fourth-order valence-corrected chi connectivity index (χ4v) is 1.59. The van der Waals surface area contributed by atoms with Crippen LogP contribution in [0, 0.1) is 0 Å². The van der Waals surface area contributed by atoms with E-state index in [1.54, 1.807) is 0 Å². The van der Waals surface area contributed by atoms with Crippen LogP contribution < -0.4 is 0 Å². The molecule has 8 heavy (non-hydrogen) atoms. The molecule has 0 saturated heterocycles. The van der Waals surface area contributed by atoms with Gasteiger partial charge in [-0.25, -0.2) is 0 Å². The molecule has 0 bridgehead atoms. The zero-order valence-electron chi connectivity index (χ0n) is 5.99. The third-order valence-electron chi connectivity index (χ3n) is 1.48. The van der Waals surface area contributed by atoms with Gasteiger partial charge < -0.3 is 0 Å². The Bertz CT molecular complexity index is 83.0. The zero-order chi connectivity index (χ0) is 6.78.